The average Bonchev–Trinajstić information content (AvgIpc) is 2.25. The van der Waals surface area contributed by atoms with Crippen molar-refractivity contribution in [2.45, 2.75) is 39.0 Å². The summed E-state index contributed by atoms with van der Waals surface area (Å²) in [6.45, 7) is 2.19. The standard InChI is InChI=1S/C14H17F/c1-2-3-4-5-6-7-10-13-11-8-9-12-14(13)15/h8-9,11-12H,2-6H2,1H3. The van der Waals surface area contributed by atoms with Gasteiger partial charge in [0.1, 0.15) is 5.82 Å². The number of unbranched alkanes of at least 4 members (excludes halogenated alkanes) is 4. The van der Waals surface area contributed by atoms with Gasteiger partial charge in [0.05, 0.1) is 5.56 Å². The van der Waals surface area contributed by atoms with Gasteiger partial charge in [0.15, 0.2) is 0 Å². The van der Waals surface area contributed by atoms with Crippen molar-refractivity contribution in [3.05, 3.63) is 35.6 Å². The molecule has 1 aromatic rings. The van der Waals surface area contributed by atoms with Crippen molar-refractivity contribution in [1.29, 1.82) is 0 Å². The molecule has 0 nitrogen and oxygen atoms in total. The summed E-state index contributed by atoms with van der Waals surface area (Å²) in [6.07, 6.45) is 5.72. The van der Waals surface area contributed by atoms with Crippen molar-refractivity contribution in [2.75, 3.05) is 0 Å². The molecule has 0 spiro atoms. The molecule has 0 saturated carbocycles. The maximum Gasteiger partial charge on any atom is 0.138 e. The summed E-state index contributed by atoms with van der Waals surface area (Å²) in [5.74, 6) is 5.65. The second-order valence-electron chi connectivity index (χ2n) is 3.59. The van der Waals surface area contributed by atoms with Crippen LogP contribution in [-0.4, -0.2) is 0 Å². The van der Waals surface area contributed by atoms with E-state index in [9.17, 15) is 4.39 Å². The summed E-state index contributed by atoms with van der Waals surface area (Å²) in [5.41, 5.74) is 0.507. The van der Waals surface area contributed by atoms with Gasteiger partial charge < -0.3 is 0 Å². The molecule has 1 heteroatoms. The second kappa shape index (κ2) is 7.06. The quantitative estimate of drug-likeness (QED) is 0.510. The summed E-state index contributed by atoms with van der Waals surface area (Å²) >= 11 is 0. The van der Waals surface area contributed by atoms with Crippen molar-refractivity contribution >= 4 is 0 Å². The Bertz CT molecular complexity index is 344. The molecule has 0 heterocycles. The molecule has 0 atom stereocenters. The van der Waals surface area contributed by atoms with Crippen molar-refractivity contribution in [3.8, 4) is 11.8 Å². The Morgan fingerprint density at radius 1 is 1.13 bits per heavy atom. The molecule has 0 aliphatic carbocycles. The minimum atomic E-state index is -0.224. The number of hydrogen-bond acceptors (Lipinski definition) is 0. The molecule has 0 aliphatic rings. The molecule has 0 N–H and O–H groups in total. The van der Waals surface area contributed by atoms with Crippen LogP contribution in [0.5, 0.6) is 0 Å². The molecule has 0 unspecified atom stereocenters. The van der Waals surface area contributed by atoms with Gasteiger partial charge in [0.2, 0.25) is 0 Å². The highest BCUT2D eigenvalue weighted by Gasteiger charge is 1.93. The molecule has 80 valence electrons. The summed E-state index contributed by atoms with van der Waals surface area (Å²) in [5, 5.41) is 0. The van der Waals surface area contributed by atoms with Crippen LogP contribution >= 0.6 is 0 Å². The lowest BCUT2D eigenvalue weighted by Crippen LogP contribution is -1.81. The molecule has 1 rings (SSSR count). The third kappa shape index (κ3) is 4.65. The van der Waals surface area contributed by atoms with Crippen LogP contribution in [0.4, 0.5) is 4.39 Å². The van der Waals surface area contributed by atoms with Crippen LogP contribution in [0.25, 0.3) is 0 Å². The van der Waals surface area contributed by atoms with Crippen LogP contribution in [0.1, 0.15) is 44.6 Å². The van der Waals surface area contributed by atoms with E-state index in [1.165, 1.54) is 25.3 Å². The minimum absolute atomic E-state index is 0.224. The molecule has 0 amide bonds. The van der Waals surface area contributed by atoms with Crippen LogP contribution in [0.15, 0.2) is 24.3 Å². The van der Waals surface area contributed by atoms with Gasteiger partial charge in [-0.2, -0.15) is 0 Å². The molecule has 0 aliphatic heterocycles. The SMILES string of the molecule is CCCCCCC#Cc1ccccc1F. The minimum Gasteiger partial charge on any atom is -0.206 e. The third-order valence-electron chi connectivity index (χ3n) is 2.25. The van der Waals surface area contributed by atoms with Crippen molar-refractivity contribution < 1.29 is 4.39 Å². The van der Waals surface area contributed by atoms with Crippen LogP contribution in [0, 0.1) is 17.7 Å². The molecule has 0 aromatic heterocycles. The van der Waals surface area contributed by atoms with Gasteiger partial charge >= 0.3 is 0 Å². The summed E-state index contributed by atoms with van der Waals surface area (Å²) in [7, 11) is 0. The smallest absolute Gasteiger partial charge is 0.138 e. The van der Waals surface area contributed by atoms with E-state index in [-0.39, 0.29) is 5.82 Å². The molecular weight excluding hydrogens is 187 g/mol. The van der Waals surface area contributed by atoms with Gasteiger partial charge in [-0.25, -0.2) is 4.39 Å². The Morgan fingerprint density at radius 3 is 2.67 bits per heavy atom. The fraction of sp³-hybridized carbons (Fsp3) is 0.429. The van der Waals surface area contributed by atoms with Crippen molar-refractivity contribution in [3.63, 3.8) is 0 Å². The largest absolute Gasteiger partial charge is 0.206 e. The van der Waals surface area contributed by atoms with Crippen LogP contribution in [0.3, 0.4) is 0 Å². The first-order valence-electron chi connectivity index (χ1n) is 5.58. The Kier molecular flexibility index (Phi) is 5.55. The molecule has 1 aromatic carbocycles. The predicted molar refractivity (Wildman–Crippen MR) is 62.0 cm³/mol. The lowest BCUT2D eigenvalue weighted by Gasteiger charge is -1.93. The molecular formula is C14H17F. The van der Waals surface area contributed by atoms with Gasteiger partial charge in [0.25, 0.3) is 0 Å². The first-order chi connectivity index (χ1) is 7.34. The molecule has 0 fully saturated rings. The third-order valence-corrected chi connectivity index (χ3v) is 2.25. The maximum atomic E-state index is 13.1. The number of rotatable bonds is 4. The van der Waals surface area contributed by atoms with Gasteiger partial charge in [-0.15, -0.1) is 0 Å². The van der Waals surface area contributed by atoms with E-state index in [4.69, 9.17) is 0 Å². The van der Waals surface area contributed by atoms with Gasteiger partial charge in [-0.1, -0.05) is 50.2 Å². The van der Waals surface area contributed by atoms with E-state index in [0.717, 1.165) is 12.8 Å². The van der Waals surface area contributed by atoms with E-state index in [1.54, 1.807) is 12.1 Å². The highest BCUT2D eigenvalue weighted by Crippen LogP contribution is 2.05. The monoisotopic (exact) mass is 204 g/mol. The highest BCUT2D eigenvalue weighted by atomic mass is 19.1. The van der Waals surface area contributed by atoms with Crippen molar-refractivity contribution in [2.24, 2.45) is 0 Å². The van der Waals surface area contributed by atoms with E-state index < -0.39 is 0 Å². The molecule has 0 bridgehead atoms. The zero-order valence-electron chi connectivity index (χ0n) is 9.22. The number of benzene rings is 1. The molecule has 15 heavy (non-hydrogen) atoms. The first kappa shape index (κ1) is 11.8. The van der Waals surface area contributed by atoms with Gasteiger partial charge in [0, 0.05) is 6.42 Å². The van der Waals surface area contributed by atoms with Gasteiger partial charge in [-0.05, 0) is 18.6 Å². The van der Waals surface area contributed by atoms with Crippen LogP contribution in [-0.2, 0) is 0 Å². The van der Waals surface area contributed by atoms with E-state index in [1.807, 2.05) is 6.07 Å². The normalized spacial score (nSPS) is 9.47. The predicted octanol–water partition coefficient (Wildman–Crippen LogP) is 4.15. The summed E-state index contributed by atoms with van der Waals surface area (Å²) in [4.78, 5) is 0. The van der Waals surface area contributed by atoms with Gasteiger partial charge in [-0.3, -0.25) is 0 Å². The fourth-order valence-corrected chi connectivity index (χ4v) is 1.36. The lowest BCUT2D eigenvalue weighted by atomic mass is 10.1. The molecule has 0 saturated heterocycles. The van der Waals surface area contributed by atoms with E-state index >= 15 is 0 Å². The average molecular weight is 204 g/mol. The zero-order valence-corrected chi connectivity index (χ0v) is 9.22. The van der Waals surface area contributed by atoms with Crippen LogP contribution in [0.2, 0.25) is 0 Å². The fourth-order valence-electron chi connectivity index (χ4n) is 1.36. The topological polar surface area (TPSA) is 0 Å². The maximum absolute atomic E-state index is 13.1. The Hall–Kier alpha value is -1.29. The lowest BCUT2D eigenvalue weighted by molar-refractivity contribution is 0.624. The summed E-state index contributed by atoms with van der Waals surface area (Å²) in [6, 6.07) is 6.65. The van der Waals surface area contributed by atoms with Crippen molar-refractivity contribution in [1.82, 2.24) is 0 Å². The van der Waals surface area contributed by atoms with Crippen LogP contribution < -0.4 is 0 Å². The summed E-state index contributed by atoms with van der Waals surface area (Å²) < 4.78 is 13.1. The number of hydrogen-bond donors (Lipinski definition) is 0. The zero-order chi connectivity index (χ0) is 10.9. The van der Waals surface area contributed by atoms with E-state index in [2.05, 4.69) is 18.8 Å². The number of halogens is 1. The molecule has 0 radical (unpaired) electrons. The Labute approximate surface area is 91.5 Å². The van der Waals surface area contributed by atoms with E-state index in [0.29, 0.717) is 5.56 Å². The second-order valence-corrected chi connectivity index (χ2v) is 3.59. The Morgan fingerprint density at radius 2 is 1.93 bits per heavy atom. The Balaban J connectivity index is 2.35. The highest BCUT2D eigenvalue weighted by molar-refractivity contribution is 5.34. The first-order valence-corrected chi connectivity index (χ1v) is 5.58.